The molecule has 1 aliphatic carbocycles. The van der Waals surface area contributed by atoms with Gasteiger partial charge in [-0.15, -0.1) is 0 Å². The van der Waals surface area contributed by atoms with Gasteiger partial charge in [-0.3, -0.25) is 4.79 Å². The zero-order valence-electron chi connectivity index (χ0n) is 9.79. The molecule has 0 aromatic heterocycles. The van der Waals surface area contributed by atoms with E-state index in [1.165, 1.54) is 12.8 Å². The van der Waals surface area contributed by atoms with Gasteiger partial charge in [-0.05, 0) is 26.8 Å². The van der Waals surface area contributed by atoms with Gasteiger partial charge < -0.3 is 15.0 Å². The molecule has 0 amide bonds. The number of rotatable bonds is 8. The van der Waals surface area contributed by atoms with Gasteiger partial charge in [0.2, 0.25) is 0 Å². The molecule has 0 spiro atoms. The van der Waals surface area contributed by atoms with Gasteiger partial charge >= 0.3 is 5.97 Å². The van der Waals surface area contributed by atoms with Crippen LogP contribution >= 0.6 is 0 Å². The molecule has 1 N–H and O–H groups in total. The van der Waals surface area contributed by atoms with Gasteiger partial charge in [0.05, 0.1) is 13.0 Å². The van der Waals surface area contributed by atoms with Crippen molar-refractivity contribution in [3.8, 4) is 0 Å². The van der Waals surface area contributed by atoms with Crippen molar-refractivity contribution < 1.29 is 9.53 Å². The van der Waals surface area contributed by atoms with Crippen molar-refractivity contribution in [3.63, 3.8) is 0 Å². The van der Waals surface area contributed by atoms with Gasteiger partial charge in [-0.2, -0.15) is 0 Å². The summed E-state index contributed by atoms with van der Waals surface area (Å²) < 4.78 is 4.83. The van der Waals surface area contributed by atoms with E-state index >= 15 is 0 Å². The van der Waals surface area contributed by atoms with Crippen molar-refractivity contribution in [2.24, 2.45) is 0 Å². The van der Waals surface area contributed by atoms with E-state index in [4.69, 9.17) is 4.74 Å². The lowest BCUT2D eigenvalue weighted by atomic mass is 10.4. The standard InChI is InChI=1S/C11H22N2O2/c1-3-15-11(14)6-7-12-8-9-13(2)10-4-5-10/h10,12H,3-9H2,1-2H3. The highest BCUT2D eigenvalue weighted by Crippen LogP contribution is 2.24. The summed E-state index contributed by atoms with van der Waals surface area (Å²) in [6.45, 7) is 5.04. The molecular weight excluding hydrogens is 192 g/mol. The van der Waals surface area contributed by atoms with Crippen LogP contribution in [0.5, 0.6) is 0 Å². The van der Waals surface area contributed by atoms with Crippen molar-refractivity contribution in [2.75, 3.05) is 33.3 Å². The van der Waals surface area contributed by atoms with E-state index in [2.05, 4.69) is 17.3 Å². The van der Waals surface area contributed by atoms with Gasteiger partial charge in [-0.25, -0.2) is 0 Å². The molecule has 0 heterocycles. The van der Waals surface area contributed by atoms with Crippen molar-refractivity contribution >= 4 is 5.97 Å². The van der Waals surface area contributed by atoms with Crippen LogP contribution in [-0.4, -0.2) is 50.2 Å². The fraction of sp³-hybridized carbons (Fsp3) is 0.909. The number of hydrogen-bond donors (Lipinski definition) is 1. The maximum atomic E-state index is 11.0. The minimum absolute atomic E-state index is 0.111. The first kappa shape index (κ1) is 12.5. The van der Waals surface area contributed by atoms with Crippen LogP contribution in [0.2, 0.25) is 0 Å². The highest BCUT2D eigenvalue weighted by atomic mass is 16.5. The molecule has 0 saturated heterocycles. The largest absolute Gasteiger partial charge is 0.466 e. The van der Waals surface area contributed by atoms with Crippen molar-refractivity contribution in [3.05, 3.63) is 0 Å². The topological polar surface area (TPSA) is 41.6 Å². The number of esters is 1. The summed E-state index contributed by atoms with van der Waals surface area (Å²) in [7, 11) is 2.16. The van der Waals surface area contributed by atoms with Gasteiger partial charge in [-0.1, -0.05) is 0 Å². The first-order valence-electron chi connectivity index (χ1n) is 5.80. The van der Waals surface area contributed by atoms with Crippen molar-refractivity contribution in [1.82, 2.24) is 10.2 Å². The summed E-state index contributed by atoms with van der Waals surface area (Å²) in [5.74, 6) is -0.111. The number of carbonyl (C=O) groups is 1. The van der Waals surface area contributed by atoms with Gasteiger partial charge in [0, 0.05) is 25.7 Å². The monoisotopic (exact) mass is 214 g/mol. The fourth-order valence-electron chi connectivity index (χ4n) is 1.50. The fourth-order valence-corrected chi connectivity index (χ4v) is 1.50. The second kappa shape index (κ2) is 6.80. The average Bonchev–Trinajstić information content (AvgIpc) is 3.00. The van der Waals surface area contributed by atoms with Crippen LogP contribution in [-0.2, 0) is 9.53 Å². The molecule has 0 aromatic rings. The molecule has 0 atom stereocenters. The third-order valence-corrected chi connectivity index (χ3v) is 2.62. The summed E-state index contributed by atoms with van der Waals surface area (Å²) in [5.41, 5.74) is 0. The third kappa shape index (κ3) is 5.74. The second-order valence-corrected chi connectivity index (χ2v) is 4.02. The molecular formula is C11H22N2O2. The smallest absolute Gasteiger partial charge is 0.307 e. The molecule has 1 aliphatic rings. The molecule has 88 valence electrons. The summed E-state index contributed by atoms with van der Waals surface area (Å²) in [4.78, 5) is 13.4. The van der Waals surface area contributed by atoms with Crippen molar-refractivity contribution in [1.29, 1.82) is 0 Å². The zero-order valence-corrected chi connectivity index (χ0v) is 9.79. The first-order chi connectivity index (χ1) is 7.24. The predicted octanol–water partition coefficient (Wildman–Crippen LogP) is 0.623. The van der Waals surface area contributed by atoms with E-state index in [0.717, 1.165) is 25.7 Å². The Hall–Kier alpha value is -0.610. The molecule has 0 unspecified atom stereocenters. The Balaban J connectivity index is 1.85. The molecule has 4 heteroatoms. The zero-order chi connectivity index (χ0) is 11.1. The Bertz CT molecular complexity index is 193. The highest BCUT2D eigenvalue weighted by molar-refractivity contribution is 5.69. The van der Waals surface area contributed by atoms with Crippen LogP contribution in [0.3, 0.4) is 0 Å². The third-order valence-electron chi connectivity index (χ3n) is 2.62. The average molecular weight is 214 g/mol. The predicted molar refractivity (Wildman–Crippen MR) is 59.8 cm³/mol. The van der Waals surface area contributed by atoms with Crippen LogP contribution in [0, 0.1) is 0 Å². The maximum absolute atomic E-state index is 11.0. The van der Waals surface area contributed by atoms with Crippen molar-refractivity contribution in [2.45, 2.75) is 32.2 Å². The lowest BCUT2D eigenvalue weighted by molar-refractivity contribution is -0.142. The molecule has 4 nitrogen and oxygen atoms in total. The van der Waals surface area contributed by atoms with Gasteiger partial charge in [0.1, 0.15) is 0 Å². The lowest BCUT2D eigenvalue weighted by Crippen LogP contribution is -2.31. The van der Waals surface area contributed by atoms with E-state index in [1.807, 2.05) is 6.92 Å². The molecule has 0 bridgehead atoms. The summed E-state index contributed by atoms with van der Waals surface area (Å²) in [5, 5.41) is 3.25. The summed E-state index contributed by atoms with van der Waals surface area (Å²) >= 11 is 0. The summed E-state index contributed by atoms with van der Waals surface area (Å²) in [6, 6.07) is 0.817. The molecule has 15 heavy (non-hydrogen) atoms. The van der Waals surface area contributed by atoms with E-state index in [0.29, 0.717) is 13.0 Å². The number of hydrogen-bond acceptors (Lipinski definition) is 4. The molecule has 1 saturated carbocycles. The van der Waals surface area contributed by atoms with E-state index in [9.17, 15) is 4.79 Å². The number of ether oxygens (including phenoxy) is 1. The van der Waals surface area contributed by atoms with E-state index < -0.39 is 0 Å². The molecule has 1 fully saturated rings. The van der Waals surface area contributed by atoms with Gasteiger partial charge in [0.25, 0.3) is 0 Å². The van der Waals surface area contributed by atoms with Gasteiger partial charge in [0.15, 0.2) is 0 Å². The molecule has 1 rings (SSSR count). The van der Waals surface area contributed by atoms with Crippen LogP contribution in [0.15, 0.2) is 0 Å². The molecule has 0 aliphatic heterocycles. The number of nitrogens with zero attached hydrogens (tertiary/aromatic N) is 1. The second-order valence-electron chi connectivity index (χ2n) is 4.02. The van der Waals surface area contributed by atoms with E-state index in [1.54, 1.807) is 0 Å². The summed E-state index contributed by atoms with van der Waals surface area (Å²) in [6.07, 6.45) is 3.17. The Labute approximate surface area is 92.0 Å². The van der Waals surface area contributed by atoms with Crippen LogP contribution in [0.25, 0.3) is 0 Å². The number of nitrogens with one attached hydrogen (secondary N) is 1. The van der Waals surface area contributed by atoms with Crippen LogP contribution in [0.1, 0.15) is 26.2 Å². The number of carbonyl (C=O) groups excluding carboxylic acids is 1. The molecule has 0 aromatic carbocycles. The highest BCUT2D eigenvalue weighted by Gasteiger charge is 2.25. The number of likely N-dealkylation sites (N-methyl/N-ethyl adjacent to an activating group) is 1. The molecule has 0 radical (unpaired) electrons. The minimum Gasteiger partial charge on any atom is -0.466 e. The normalized spacial score (nSPS) is 15.7. The Morgan fingerprint density at radius 1 is 1.47 bits per heavy atom. The maximum Gasteiger partial charge on any atom is 0.307 e. The Kier molecular flexibility index (Phi) is 5.65. The SMILES string of the molecule is CCOC(=O)CCNCCN(C)C1CC1. The Morgan fingerprint density at radius 3 is 2.80 bits per heavy atom. The lowest BCUT2D eigenvalue weighted by Gasteiger charge is -2.15. The minimum atomic E-state index is -0.111. The van der Waals surface area contributed by atoms with Crippen LogP contribution < -0.4 is 5.32 Å². The quantitative estimate of drug-likeness (QED) is 0.475. The van der Waals surface area contributed by atoms with Crippen LogP contribution in [0.4, 0.5) is 0 Å². The Morgan fingerprint density at radius 2 is 2.20 bits per heavy atom. The first-order valence-corrected chi connectivity index (χ1v) is 5.80. The van der Waals surface area contributed by atoms with E-state index in [-0.39, 0.29) is 5.97 Å².